The topological polar surface area (TPSA) is 74.3 Å². The minimum absolute atomic E-state index is 0.0170. The summed E-state index contributed by atoms with van der Waals surface area (Å²) in [7, 11) is 3.12. The summed E-state index contributed by atoms with van der Waals surface area (Å²) in [6.45, 7) is 3.88. The van der Waals surface area contributed by atoms with Crippen LogP contribution in [0.15, 0.2) is 47.3 Å². The number of ether oxygens (including phenoxy) is 1. The number of benzene rings is 2. The molecule has 0 unspecified atom stereocenters. The molecule has 27 heavy (non-hydrogen) atoms. The van der Waals surface area contributed by atoms with Gasteiger partial charge in [0.05, 0.1) is 12.7 Å². The molecule has 2 N–H and O–H groups in total. The number of carbonyl (C=O) groups excluding carboxylic acids is 1. The van der Waals surface area contributed by atoms with Gasteiger partial charge in [-0.3, -0.25) is 9.59 Å². The van der Waals surface area contributed by atoms with Crippen molar-refractivity contribution in [2.45, 2.75) is 26.3 Å². The van der Waals surface area contributed by atoms with Crippen molar-refractivity contribution >= 4 is 16.7 Å². The fraction of sp³-hybridized carbons (Fsp3) is 0.273. The van der Waals surface area contributed by atoms with Gasteiger partial charge in [0.1, 0.15) is 6.04 Å². The number of nitrogens with two attached hydrogens (primary N) is 1. The molecule has 3 aromatic rings. The van der Waals surface area contributed by atoms with Crippen molar-refractivity contribution in [3.05, 3.63) is 69.6 Å². The zero-order chi connectivity index (χ0) is 19.7. The summed E-state index contributed by atoms with van der Waals surface area (Å²) in [5.74, 6) is -0.439. The van der Waals surface area contributed by atoms with E-state index in [4.69, 9.17) is 10.5 Å². The van der Waals surface area contributed by atoms with Crippen LogP contribution in [-0.2, 0) is 23.0 Å². The lowest BCUT2D eigenvalue weighted by molar-refractivity contribution is -0.142. The zero-order valence-corrected chi connectivity index (χ0v) is 16.1. The molecule has 1 heterocycles. The second-order valence-corrected chi connectivity index (χ2v) is 6.86. The van der Waals surface area contributed by atoms with Crippen LogP contribution in [0.3, 0.4) is 0 Å². The molecule has 1 atom stereocenters. The number of esters is 1. The first-order valence-corrected chi connectivity index (χ1v) is 8.86. The summed E-state index contributed by atoms with van der Waals surface area (Å²) < 4.78 is 6.40. The molecule has 0 fully saturated rings. The Labute approximate surface area is 158 Å². The molecular weight excluding hydrogens is 340 g/mol. The molecule has 1 aromatic heterocycles. The van der Waals surface area contributed by atoms with E-state index in [1.165, 1.54) is 7.11 Å². The number of methoxy groups -OCH3 is 1. The Balaban J connectivity index is 2.22. The number of nitrogens with zero attached hydrogens (tertiary/aromatic N) is 1. The molecule has 5 nitrogen and oxygen atoms in total. The quantitative estimate of drug-likeness (QED) is 0.723. The number of aryl methyl sites for hydroxylation is 2. The monoisotopic (exact) mass is 364 g/mol. The summed E-state index contributed by atoms with van der Waals surface area (Å²) >= 11 is 0. The fourth-order valence-corrected chi connectivity index (χ4v) is 3.54. The number of rotatable bonds is 4. The molecule has 0 saturated carbocycles. The Morgan fingerprint density at radius 1 is 1.15 bits per heavy atom. The van der Waals surface area contributed by atoms with Gasteiger partial charge < -0.3 is 15.0 Å². The molecule has 0 aliphatic carbocycles. The van der Waals surface area contributed by atoms with E-state index in [-0.39, 0.29) is 5.56 Å². The van der Waals surface area contributed by atoms with Gasteiger partial charge in [0.25, 0.3) is 5.56 Å². The van der Waals surface area contributed by atoms with E-state index in [9.17, 15) is 9.59 Å². The predicted octanol–water partition coefficient (Wildman–Crippen LogP) is 2.87. The summed E-state index contributed by atoms with van der Waals surface area (Å²) in [6, 6.07) is 13.1. The van der Waals surface area contributed by atoms with E-state index in [1.807, 2.05) is 56.3 Å². The van der Waals surface area contributed by atoms with Crippen molar-refractivity contribution in [2.24, 2.45) is 12.8 Å². The first-order chi connectivity index (χ1) is 12.8. The zero-order valence-electron chi connectivity index (χ0n) is 16.1. The maximum atomic E-state index is 12.9. The van der Waals surface area contributed by atoms with Crippen molar-refractivity contribution in [1.29, 1.82) is 0 Å². The van der Waals surface area contributed by atoms with Crippen LogP contribution in [-0.4, -0.2) is 23.7 Å². The maximum absolute atomic E-state index is 12.9. The maximum Gasteiger partial charge on any atom is 0.322 e. The van der Waals surface area contributed by atoms with E-state index in [0.717, 1.165) is 33.2 Å². The van der Waals surface area contributed by atoms with Gasteiger partial charge in [-0.1, -0.05) is 36.4 Å². The van der Waals surface area contributed by atoms with Gasteiger partial charge in [-0.25, -0.2) is 0 Å². The first-order valence-electron chi connectivity index (χ1n) is 8.86. The lowest BCUT2D eigenvalue weighted by atomic mass is 9.91. The van der Waals surface area contributed by atoms with Crippen molar-refractivity contribution in [1.82, 2.24) is 4.57 Å². The van der Waals surface area contributed by atoms with Gasteiger partial charge in [-0.15, -0.1) is 0 Å². The highest BCUT2D eigenvalue weighted by Gasteiger charge is 2.18. The normalized spacial score (nSPS) is 12.2. The second kappa shape index (κ2) is 7.37. The van der Waals surface area contributed by atoms with Gasteiger partial charge in [0, 0.05) is 12.7 Å². The highest BCUT2D eigenvalue weighted by Crippen LogP contribution is 2.31. The van der Waals surface area contributed by atoms with Gasteiger partial charge in [-0.05, 0) is 53.8 Å². The van der Waals surface area contributed by atoms with Crippen molar-refractivity contribution in [2.75, 3.05) is 7.11 Å². The Morgan fingerprint density at radius 3 is 2.48 bits per heavy atom. The van der Waals surface area contributed by atoms with E-state index >= 15 is 0 Å². The number of hydrogen-bond acceptors (Lipinski definition) is 4. The highest BCUT2D eigenvalue weighted by atomic mass is 16.5. The Bertz CT molecular complexity index is 1080. The van der Waals surface area contributed by atoms with E-state index in [2.05, 4.69) is 0 Å². The third-order valence-electron chi connectivity index (χ3n) is 5.09. The minimum atomic E-state index is -0.724. The number of pyridine rings is 1. The average molecular weight is 364 g/mol. The standard InChI is InChI=1S/C22H24N2O3/c1-13-11-14(2)24(3)21(25)20(13)18-10-9-15(12-19(23)22(26)27-4)16-7-5-6-8-17(16)18/h5-11,19H,12,23H2,1-4H3/t19-/m0/s1. The molecule has 2 aromatic carbocycles. The molecule has 3 rings (SSSR count). The Kier molecular flexibility index (Phi) is 5.15. The van der Waals surface area contributed by atoms with Crippen LogP contribution in [0.5, 0.6) is 0 Å². The van der Waals surface area contributed by atoms with Gasteiger partial charge >= 0.3 is 5.97 Å². The summed E-state index contributed by atoms with van der Waals surface area (Å²) in [4.78, 5) is 24.6. The Hall–Kier alpha value is -2.92. The molecule has 5 heteroatoms. The molecule has 0 amide bonds. The number of aromatic nitrogens is 1. The third kappa shape index (κ3) is 3.38. The molecular formula is C22H24N2O3. The van der Waals surface area contributed by atoms with Crippen LogP contribution >= 0.6 is 0 Å². The van der Waals surface area contributed by atoms with Gasteiger partial charge in [0.15, 0.2) is 0 Å². The van der Waals surface area contributed by atoms with Crippen LogP contribution in [0.1, 0.15) is 16.8 Å². The number of fused-ring (bicyclic) bond motifs is 1. The SMILES string of the molecule is COC(=O)[C@@H](N)Cc1ccc(-c2c(C)cc(C)n(C)c2=O)c2ccccc12. The van der Waals surface area contributed by atoms with E-state index in [0.29, 0.717) is 12.0 Å². The molecule has 0 spiro atoms. The van der Waals surface area contributed by atoms with Crippen LogP contribution < -0.4 is 11.3 Å². The number of carbonyl (C=O) groups is 1. The lowest BCUT2D eigenvalue weighted by Gasteiger charge is -2.16. The van der Waals surface area contributed by atoms with Crippen LogP contribution in [0.25, 0.3) is 21.9 Å². The average Bonchev–Trinajstić information content (AvgIpc) is 2.67. The van der Waals surface area contributed by atoms with Crippen LogP contribution in [0, 0.1) is 13.8 Å². The number of hydrogen-bond donors (Lipinski definition) is 1. The predicted molar refractivity (Wildman–Crippen MR) is 108 cm³/mol. The highest BCUT2D eigenvalue weighted by molar-refractivity contribution is 5.99. The summed E-state index contributed by atoms with van der Waals surface area (Å²) in [5, 5.41) is 1.95. The molecule has 0 aliphatic rings. The first kappa shape index (κ1) is 18.9. The Morgan fingerprint density at radius 2 is 1.81 bits per heavy atom. The van der Waals surface area contributed by atoms with Crippen molar-refractivity contribution in [3.8, 4) is 11.1 Å². The molecule has 0 saturated heterocycles. The largest absolute Gasteiger partial charge is 0.468 e. The molecule has 0 bridgehead atoms. The lowest BCUT2D eigenvalue weighted by Crippen LogP contribution is -2.33. The second-order valence-electron chi connectivity index (χ2n) is 6.86. The van der Waals surface area contributed by atoms with E-state index in [1.54, 1.807) is 11.6 Å². The fourth-order valence-electron chi connectivity index (χ4n) is 3.54. The van der Waals surface area contributed by atoms with Crippen LogP contribution in [0.2, 0.25) is 0 Å². The van der Waals surface area contributed by atoms with Gasteiger partial charge in [0.2, 0.25) is 0 Å². The minimum Gasteiger partial charge on any atom is -0.468 e. The van der Waals surface area contributed by atoms with E-state index < -0.39 is 12.0 Å². The van der Waals surface area contributed by atoms with Crippen molar-refractivity contribution in [3.63, 3.8) is 0 Å². The molecule has 0 radical (unpaired) electrons. The van der Waals surface area contributed by atoms with Crippen LogP contribution in [0.4, 0.5) is 0 Å². The summed E-state index contributed by atoms with van der Waals surface area (Å²) in [5.41, 5.74) is 10.3. The third-order valence-corrected chi connectivity index (χ3v) is 5.09. The van der Waals surface area contributed by atoms with Gasteiger partial charge in [-0.2, -0.15) is 0 Å². The molecule has 0 aliphatic heterocycles. The summed E-state index contributed by atoms with van der Waals surface area (Å²) in [6.07, 6.45) is 0.373. The van der Waals surface area contributed by atoms with Crippen molar-refractivity contribution < 1.29 is 9.53 Å². The molecule has 140 valence electrons. The smallest absolute Gasteiger partial charge is 0.322 e.